The number of nitrogens with zero attached hydrogens (tertiary/aromatic N) is 2. The molecular formula is C20H29N3O. The normalized spacial score (nSPS) is 20.6. The first-order valence-electron chi connectivity index (χ1n) is 9.15. The molecule has 1 saturated heterocycles. The Hall–Kier alpha value is -1.65. The number of nitrogens with one attached hydrogen (secondary N) is 1. The van der Waals surface area contributed by atoms with Crippen molar-refractivity contribution >= 4 is 0 Å². The van der Waals surface area contributed by atoms with Gasteiger partial charge < -0.3 is 10.1 Å². The molecule has 0 amide bonds. The van der Waals surface area contributed by atoms with E-state index in [-0.39, 0.29) is 6.10 Å². The monoisotopic (exact) mass is 327 g/mol. The van der Waals surface area contributed by atoms with E-state index in [0.29, 0.717) is 5.92 Å². The van der Waals surface area contributed by atoms with Crippen LogP contribution in [0.25, 0.3) is 0 Å². The molecule has 24 heavy (non-hydrogen) atoms. The summed E-state index contributed by atoms with van der Waals surface area (Å²) in [5.41, 5.74) is 5.26. The van der Waals surface area contributed by atoms with E-state index in [0.717, 1.165) is 39.0 Å². The summed E-state index contributed by atoms with van der Waals surface area (Å²) < 4.78 is 8.03. The number of hydrogen-bond acceptors (Lipinski definition) is 3. The molecule has 4 heteroatoms. The highest BCUT2D eigenvalue weighted by Crippen LogP contribution is 2.34. The molecule has 1 aliphatic rings. The topological polar surface area (TPSA) is 39.1 Å². The minimum absolute atomic E-state index is 0.226. The summed E-state index contributed by atoms with van der Waals surface area (Å²) in [6, 6.07) is 10.6. The zero-order valence-electron chi connectivity index (χ0n) is 15.1. The summed E-state index contributed by atoms with van der Waals surface area (Å²) in [7, 11) is 2.05. The van der Waals surface area contributed by atoms with Gasteiger partial charge in [0.1, 0.15) is 0 Å². The number of ether oxygens (including phenoxy) is 1. The highest BCUT2D eigenvalue weighted by molar-refractivity contribution is 5.26. The van der Waals surface area contributed by atoms with Gasteiger partial charge in [-0.25, -0.2) is 0 Å². The Morgan fingerprint density at radius 3 is 2.71 bits per heavy atom. The quantitative estimate of drug-likeness (QED) is 0.847. The summed E-state index contributed by atoms with van der Waals surface area (Å²) >= 11 is 0. The fraction of sp³-hybridized carbons (Fsp3) is 0.550. The number of hydrogen-bond donors (Lipinski definition) is 1. The first-order valence-corrected chi connectivity index (χ1v) is 9.15. The summed E-state index contributed by atoms with van der Waals surface area (Å²) in [4.78, 5) is 0. The Labute approximate surface area is 145 Å². The summed E-state index contributed by atoms with van der Waals surface area (Å²) in [6.45, 7) is 7.13. The first kappa shape index (κ1) is 17.2. The van der Waals surface area contributed by atoms with Crippen LogP contribution in [0.2, 0.25) is 0 Å². The zero-order chi connectivity index (χ0) is 16.9. The van der Waals surface area contributed by atoms with Crippen molar-refractivity contribution in [1.29, 1.82) is 0 Å². The lowest BCUT2D eigenvalue weighted by Crippen LogP contribution is -2.25. The molecule has 2 aromatic rings. The van der Waals surface area contributed by atoms with Crippen LogP contribution in [0, 0.1) is 5.92 Å². The minimum Gasteiger partial charge on any atom is -0.373 e. The van der Waals surface area contributed by atoms with Crippen LogP contribution in [0.4, 0.5) is 0 Å². The van der Waals surface area contributed by atoms with Crippen LogP contribution in [-0.2, 0) is 31.2 Å². The van der Waals surface area contributed by atoms with Gasteiger partial charge in [-0.05, 0) is 24.8 Å². The average molecular weight is 327 g/mol. The van der Waals surface area contributed by atoms with Crippen LogP contribution in [0.1, 0.15) is 48.9 Å². The van der Waals surface area contributed by atoms with Crippen LogP contribution >= 0.6 is 0 Å². The molecule has 2 atom stereocenters. The van der Waals surface area contributed by atoms with Crippen molar-refractivity contribution in [3.8, 4) is 0 Å². The van der Waals surface area contributed by atoms with Crippen LogP contribution in [0.3, 0.4) is 0 Å². The van der Waals surface area contributed by atoms with Crippen LogP contribution in [0.15, 0.2) is 30.3 Å². The van der Waals surface area contributed by atoms with Crippen molar-refractivity contribution in [2.24, 2.45) is 13.0 Å². The molecule has 0 saturated carbocycles. The van der Waals surface area contributed by atoms with E-state index in [4.69, 9.17) is 4.74 Å². The van der Waals surface area contributed by atoms with Gasteiger partial charge in [0.05, 0.1) is 11.8 Å². The second-order valence-corrected chi connectivity index (χ2v) is 6.58. The first-order chi connectivity index (χ1) is 11.7. The second-order valence-electron chi connectivity index (χ2n) is 6.58. The van der Waals surface area contributed by atoms with E-state index in [1.165, 1.54) is 22.5 Å². The Balaban J connectivity index is 1.62. The molecule has 0 spiro atoms. The van der Waals surface area contributed by atoms with Crippen molar-refractivity contribution in [3.63, 3.8) is 0 Å². The van der Waals surface area contributed by atoms with Crippen LogP contribution in [0.5, 0.6) is 0 Å². The number of aromatic nitrogens is 2. The van der Waals surface area contributed by atoms with Crippen molar-refractivity contribution in [3.05, 3.63) is 52.8 Å². The van der Waals surface area contributed by atoms with E-state index in [2.05, 4.69) is 61.6 Å². The third-order valence-corrected chi connectivity index (χ3v) is 5.08. The summed E-state index contributed by atoms with van der Waals surface area (Å²) in [5.74, 6) is 0.541. The molecule has 4 nitrogen and oxygen atoms in total. The molecule has 1 aromatic carbocycles. The zero-order valence-corrected chi connectivity index (χ0v) is 15.1. The fourth-order valence-electron chi connectivity index (χ4n) is 3.83. The molecule has 0 radical (unpaired) electrons. The molecular weight excluding hydrogens is 298 g/mol. The summed E-state index contributed by atoms with van der Waals surface area (Å²) in [6.07, 6.45) is 3.37. The maximum absolute atomic E-state index is 5.99. The van der Waals surface area contributed by atoms with E-state index in [9.17, 15) is 0 Å². The van der Waals surface area contributed by atoms with Gasteiger partial charge in [0, 0.05) is 43.9 Å². The number of rotatable bonds is 7. The molecule has 1 aliphatic heterocycles. The van der Waals surface area contributed by atoms with Crippen molar-refractivity contribution in [2.75, 3.05) is 13.2 Å². The lowest BCUT2D eigenvalue weighted by Gasteiger charge is -2.19. The van der Waals surface area contributed by atoms with Gasteiger partial charge in [-0.3, -0.25) is 4.68 Å². The number of benzene rings is 1. The molecule has 130 valence electrons. The standard InChI is InChI=1S/C20H29N3O/c1-4-18-17(19(5-2)23(3)22-18)14-21-13-16-11-12-24-20(16)15-9-7-6-8-10-15/h6-10,16,20-21H,4-5,11-14H2,1-3H3/t16-,20-/m1/s1. The molecule has 1 aromatic heterocycles. The van der Waals surface area contributed by atoms with Gasteiger partial charge in [-0.15, -0.1) is 0 Å². The lowest BCUT2D eigenvalue weighted by molar-refractivity contribution is 0.0904. The average Bonchev–Trinajstić information content (AvgIpc) is 3.20. The minimum atomic E-state index is 0.226. The molecule has 2 heterocycles. The molecule has 3 rings (SSSR count). The van der Waals surface area contributed by atoms with E-state index in [1.807, 2.05) is 4.68 Å². The second kappa shape index (κ2) is 7.95. The maximum atomic E-state index is 5.99. The largest absolute Gasteiger partial charge is 0.373 e. The predicted molar refractivity (Wildman–Crippen MR) is 96.9 cm³/mol. The molecule has 1 fully saturated rings. The van der Waals surface area contributed by atoms with Gasteiger partial charge in [0.25, 0.3) is 0 Å². The Morgan fingerprint density at radius 1 is 1.21 bits per heavy atom. The van der Waals surface area contributed by atoms with Gasteiger partial charge >= 0.3 is 0 Å². The van der Waals surface area contributed by atoms with Crippen molar-refractivity contribution in [2.45, 2.75) is 45.8 Å². The van der Waals surface area contributed by atoms with Crippen molar-refractivity contribution in [1.82, 2.24) is 15.1 Å². The molecule has 0 aliphatic carbocycles. The van der Waals surface area contributed by atoms with Crippen molar-refractivity contribution < 1.29 is 4.74 Å². The highest BCUT2D eigenvalue weighted by atomic mass is 16.5. The number of aryl methyl sites for hydroxylation is 2. The Bertz CT molecular complexity index is 650. The van der Waals surface area contributed by atoms with E-state index in [1.54, 1.807) is 0 Å². The lowest BCUT2D eigenvalue weighted by atomic mass is 9.95. The third kappa shape index (κ3) is 3.55. The van der Waals surface area contributed by atoms with E-state index < -0.39 is 0 Å². The van der Waals surface area contributed by atoms with Gasteiger partial charge in [0.2, 0.25) is 0 Å². The van der Waals surface area contributed by atoms with Gasteiger partial charge in [-0.2, -0.15) is 5.10 Å². The predicted octanol–water partition coefficient (Wildman–Crippen LogP) is 3.41. The Morgan fingerprint density at radius 2 is 2.00 bits per heavy atom. The van der Waals surface area contributed by atoms with Crippen LogP contribution in [-0.4, -0.2) is 22.9 Å². The third-order valence-electron chi connectivity index (χ3n) is 5.08. The van der Waals surface area contributed by atoms with E-state index >= 15 is 0 Å². The smallest absolute Gasteiger partial charge is 0.0866 e. The van der Waals surface area contributed by atoms with Gasteiger partial charge in [-0.1, -0.05) is 44.2 Å². The SMILES string of the molecule is CCc1nn(C)c(CC)c1CNC[C@H]1CCO[C@@H]1c1ccccc1. The molecule has 0 unspecified atom stereocenters. The maximum Gasteiger partial charge on any atom is 0.0866 e. The summed E-state index contributed by atoms with van der Waals surface area (Å²) in [5, 5.41) is 8.34. The Kier molecular flexibility index (Phi) is 5.69. The molecule has 0 bridgehead atoms. The fourth-order valence-corrected chi connectivity index (χ4v) is 3.83. The van der Waals surface area contributed by atoms with Crippen LogP contribution < -0.4 is 5.32 Å². The molecule has 1 N–H and O–H groups in total. The highest BCUT2D eigenvalue weighted by Gasteiger charge is 2.29. The van der Waals surface area contributed by atoms with Gasteiger partial charge in [0.15, 0.2) is 0 Å².